The van der Waals surface area contributed by atoms with Gasteiger partial charge in [-0.25, -0.2) is 0 Å². The van der Waals surface area contributed by atoms with Crippen molar-refractivity contribution in [2.24, 2.45) is 0 Å². The van der Waals surface area contributed by atoms with Gasteiger partial charge in [0.1, 0.15) is 5.78 Å². The Morgan fingerprint density at radius 2 is 1.32 bits per heavy atom. The first-order valence-electron chi connectivity index (χ1n) is 14.6. The van der Waals surface area contributed by atoms with Crippen molar-refractivity contribution in [3.8, 4) is 11.8 Å². The highest BCUT2D eigenvalue weighted by Gasteiger charge is 2.21. The molecule has 1 heterocycles. The van der Waals surface area contributed by atoms with Crippen LogP contribution in [0.4, 0.5) is 5.69 Å². The van der Waals surface area contributed by atoms with Crippen LogP contribution in [-0.2, 0) is 35.1 Å². The van der Waals surface area contributed by atoms with Crippen LogP contribution >= 0.6 is 0 Å². The molecule has 41 heavy (non-hydrogen) atoms. The van der Waals surface area contributed by atoms with E-state index in [1.165, 1.54) is 5.57 Å². The molecular formula is C34H43NO6. The van der Waals surface area contributed by atoms with Crippen LogP contribution in [0.1, 0.15) is 62.1 Å². The molecule has 7 nitrogen and oxygen atoms in total. The Balaban J connectivity index is 1.23. The Morgan fingerprint density at radius 3 is 2.02 bits per heavy atom. The van der Waals surface area contributed by atoms with Crippen molar-refractivity contribution >= 4 is 17.4 Å². The number of para-hydroxylation sites is 1. The Hall–Kier alpha value is -3.28. The van der Waals surface area contributed by atoms with Crippen molar-refractivity contribution in [2.75, 3.05) is 57.8 Å². The first-order valence-corrected chi connectivity index (χ1v) is 14.6. The van der Waals surface area contributed by atoms with E-state index in [1.807, 2.05) is 48.5 Å². The molecule has 0 spiro atoms. The molecule has 0 radical (unpaired) electrons. The molecule has 0 saturated heterocycles. The molecule has 1 aliphatic heterocycles. The summed E-state index contributed by atoms with van der Waals surface area (Å²) >= 11 is 0. The third-order valence-electron chi connectivity index (χ3n) is 6.75. The number of amides is 1. The summed E-state index contributed by atoms with van der Waals surface area (Å²) < 4.78 is 22.0. The lowest BCUT2D eigenvalue weighted by Gasteiger charge is -2.26. The van der Waals surface area contributed by atoms with Crippen LogP contribution in [-0.4, -0.2) is 64.5 Å². The highest BCUT2D eigenvalue weighted by molar-refractivity contribution is 5.97. The summed E-state index contributed by atoms with van der Waals surface area (Å²) in [7, 11) is 0. The Morgan fingerprint density at radius 1 is 0.732 bits per heavy atom. The van der Waals surface area contributed by atoms with Gasteiger partial charge < -0.3 is 23.8 Å². The maximum atomic E-state index is 13.2. The second kappa shape index (κ2) is 19.0. The minimum Gasteiger partial charge on any atom is -0.379 e. The van der Waals surface area contributed by atoms with E-state index < -0.39 is 0 Å². The van der Waals surface area contributed by atoms with Crippen LogP contribution in [0.3, 0.4) is 0 Å². The number of carbonyl (C=O) groups excluding carboxylic acids is 2. The number of Topliss-reactive ketones (excluding diaryl/α,β-unsaturated/α-hetero) is 1. The minimum atomic E-state index is -0.0764. The Kier molecular flexibility index (Phi) is 14.9. The van der Waals surface area contributed by atoms with Crippen molar-refractivity contribution in [2.45, 2.75) is 52.0 Å². The molecule has 7 heteroatoms. The van der Waals surface area contributed by atoms with Crippen LogP contribution in [0.25, 0.3) is 0 Å². The van der Waals surface area contributed by atoms with Gasteiger partial charge in [0.2, 0.25) is 5.91 Å². The number of rotatable bonds is 20. The van der Waals surface area contributed by atoms with Gasteiger partial charge in [-0.05, 0) is 43.0 Å². The molecule has 0 atom stereocenters. The van der Waals surface area contributed by atoms with Crippen LogP contribution in [0.5, 0.6) is 0 Å². The van der Waals surface area contributed by atoms with Crippen LogP contribution in [0.15, 0.2) is 60.7 Å². The lowest BCUT2D eigenvalue weighted by Crippen LogP contribution is -2.32. The Labute approximate surface area is 244 Å². The number of carbonyl (C=O) groups is 2. The lowest BCUT2D eigenvalue weighted by atomic mass is 10.0. The van der Waals surface area contributed by atoms with Crippen molar-refractivity contribution < 1.29 is 28.5 Å². The van der Waals surface area contributed by atoms with Gasteiger partial charge in [-0.3, -0.25) is 9.59 Å². The first kappa shape index (κ1) is 32.2. The van der Waals surface area contributed by atoms with E-state index in [9.17, 15) is 9.59 Å². The number of anilines is 1. The van der Waals surface area contributed by atoms with Crippen LogP contribution in [0, 0.1) is 11.8 Å². The fourth-order valence-corrected chi connectivity index (χ4v) is 4.24. The van der Waals surface area contributed by atoms with E-state index in [1.54, 1.807) is 4.90 Å². The van der Waals surface area contributed by atoms with E-state index in [0.717, 1.165) is 35.2 Å². The van der Waals surface area contributed by atoms with Gasteiger partial charge in [0.25, 0.3) is 0 Å². The monoisotopic (exact) mass is 561 g/mol. The molecule has 0 saturated carbocycles. The largest absolute Gasteiger partial charge is 0.379 e. The summed E-state index contributed by atoms with van der Waals surface area (Å²) in [6, 6.07) is 15.5. The maximum Gasteiger partial charge on any atom is 0.227 e. The average molecular weight is 562 g/mol. The zero-order valence-corrected chi connectivity index (χ0v) is 24.3. The van der Waals surface area contributed by atoms with Gasteiger partial charge in [-0.2, -0.15) is 0 Å². The molecule has 2 aromatic carbocycles. The Bertz CT molecular complexity index is 1180. The molecule has 2 aromatic rings. The molecule has 0 aromatic heterocycles. The zero-order chi connectivity index (χ0) is 29.1. The topological polar surface area (TPSA) is 74.3 Å². The highest BCUT2D eigenvalue weighted by atomic mass is 16.6. The number of fused-ring (bicyclic) bond motifs is 2. The molecule has 0 N–H and O–H groups in total. The third kappa shape index (κ3) is 12.0. The van der Waals surface area contributed by atoms with Gasteiger partial charge in [-0.1, -0.05) is 61.2 Å². The number of ketones is 1. The quantitative estimate of drug-likeness (QED) is 0.121. The number of nitrogens with zero attached hydrogens (tertiary/aromatic N) is 1. The molecular weight excluding hydrogens is 518 g/mol. The molecule has 0 bridgehead atoms. The van der Waals surface area contributed by atoms with Gasteiger partial charge in [-0.15, -0.1) is 0 Å². The fourth-order valence-electron chi connectivity index (χ4n) is 4.24. The van der Waals surface area contributed by atoms with E-state index in [2.05, 4.69) is 25.3 Å². The van der Waals surface area contributed by atoms with Gasteiger partial charge in [0.05, 0.1) is 58.5 Å². The molecule has 220 valence electrons. The zero-order valence-electron chi connectivity index (χ0n) is 24.3. The SMILES string of the molecule is C=C(CC)CCOCCOCCOCCOCCCC(=O)CCC(=O)N1Cc2ccccc2C#Cc2ccccc21. The van der Waals surface area contributed by atoms with E-state index >= 15 is 0 Å². The van der Waals surface area contributed by atoms with Crippen LogP contribution in [0.2, 0.25) is 0 Å². The third-order valence-corrected chi connectivity index (χ3v) is 6.75. The minimum absolute atomic E-state index is 0.0649. The van der Waals surface area contributed by atoms with Gasteiger partial charge in [0.15, 0.2) is 0 Å². The number of hydrogen-bond acceptors (Lipinski definition) is 6. The number of benzene rings is 2. The van der Waals surface area contributed by atoms with Crippen molar-refractivity contribution in [3.05, 3.63) is 77.4 Å². The van der Waals surface area contributed by atoms with E-state index in [-0.39, 0.29) is 24.5 Å². The molecule has 0 fully saturated rings. The molecule has 1 amide bonds. The van der Waals surface area contributed by atoms with Crippen LogP contribution < -0.4 is 4.90 Å². The summed E-state index contributed by atoms with van der Waals surface area (Å²) in [4.78, 5) is 27.5. The van der Waals surface area contributed by atoms with E-state index in [4.69, 9.17) is 18.9 Å². The van der Waals surface area contributed by atoms with E-state index in [0.29, 0.717) is 72.2 Å². The molecule has 3 rings (SSSR count). The standard InChI is InChI=1S/C34H43NO6/c1-3-28(2)18-20-39-22-24-41-26-25-40-23-21-38-19-8-12-32(36)16-17-34(37)35-27-31-11-5-4-9-29(31)14-15-30-10-6-7-13-33(30)35/h4-7,9-11,13H,2-3,8,12,16-27H2,1H3. The highest BCUT2D eigenvalue weighted by Crippen LogP contribution is 2.26. The predicted octanol–water partition coefficient (Wildman–Crippen LogP) is 5.49. The fraction of sp³-hybridized carbons (Fsp3) is 0.471. The smallest absolute Gasteiger partial charge is 0.227 e. The average Bonchev–Trinajstić information content (AvgIpc) is 2.98. The second-order valence-corrected chi connectivity index (χ2v) is 9.85. The number of ether oxygens (including phenoxy) is 4. The molecule has 0 aliphatic carbocycles. The van der Waals surface area contributed by atoms with Crippen molar-refractivity contribution in [1.29, 1.82) is 0 Å². The molecule has 1 aliphatic rings. The normalized spacial score (nSPS) is 12.0. The lowest BCUT2D eigenvalue weighted by molar-refractivity contribution is -0.124. The van der Waals surface area contributed by atoms with Crippen molar-refractivity contribution in [3.63, 3.8) is 0 Å². The maximum absolute atomic E-state index is 13.2. The molecule has 0 unspecified atom stereocenters. The summed E-state index contributed by atoms with van der Waals surface area (Å²) in [5.41, 5.74) is 4.71. The van der Waals surface area contributed by atoms with Gasteiger partial charge in [0, 0.05) is 37.0 Å². The van der Waals surface area contributed by atoms with Gasteiger partial charge >= 0.3 is 0 Å². The summed E-state index contributed by atoms with van der Waals surface area (Å²) in [6.45, 7) is 10.7. The summed E-state index contributed by atoms with van der Waals surface area (Å²) in [5.74, 6) is 6.41. The summed E-state index contributed by atoms with van der Waals surface area (Å²) in [5, 5.41) is 0. The number of hydrogen-bond donors (Lipinski definition) is 0. The first-order chi connectivity index (χ1) is 20.1. The predicted molar refractivity (Wildman–Crippen MR) is 161 cm³/mol. The van der Waals surface area contributed by atoms with Crippen molar-refractivity contribution in [1.82, 2.24) is 0 Å². The second-order valence-electron chi connectivity index (χ2n) is 9.85. The summed E-state index contributed by atoms with van der Waals surface area (Å²) in [6.07, 6.45) is 3.28.